The zero-order valence-corrected chi connectivity index (χ0v) is 41.8. The van der Waals surface area contributed by atoms with Gasteiger partial charge in [0, 0.05) is 19.4 Å². The smallest absolute Gasteiger partial charge is 0.306 e. The highest BCUT2D eigenvalue weighted by atomic mass is 16.6. The van der Waals surface area contributed by atoms with Crippen molar-refractivity contribution in [3.8, 4) is 0 Å². The molecule has 0 saturated carbocycles. The lowest BCUT2D eigenvalue weighted by atomic mass is 10.1. The first-order chi connectivity index (χ1) is 31.6. The normalized spacial score (nSPS) is 13.1. The van der Waals surface area contributed by atoms with Crippen molar-refractivity contribution in [1.29, 1.82) is 0 Å². The summed E-state index contributed by atoms with van der Waals surface area (Å²) in [5, 5.41) is 0. The first-order valence-corrected chi connectivity index (χ1v) is 26.4. The van der Waals surface area contributed by atoms with Crippen molar-refractivity contribution in [3.63, 3.8) is 0 Å². The van der Waals surface area contributed by atoms with Gasteiger partial charge < -0.3 is 14.2 Å². The Balaban J connectivity index is 4.36. The Morgan fingerprint density at radius 2 is 0.734 bits per heavy atom. The van der Waals surface area contributed by atoms with Crippen LogP contribution in [0, 0.1) is 0 Å². The average Bonchev–Trinajstić information content (AvgIpc) is 3.30. The minimum atomic E-state index is -0.589. The molecule has 0 aliphatic carbocycles. The monoisotopic (exact) mass is 887 g/mol. The number of carbonyl (C=O) groups excluding carboxylic acids is 2. The van der Waals surface area contributed by atoms with Gasteiger partial charge in [0.25, 0.3) is 0 Å². The van der Waals surface area contributed by atoms with Gasteiger partial charge in [-0.2, -0.15) is 0 Å². The Kier molecular flexibility index (Phi) is 51.0. The zero-order chi connectivity index (χ0) is 46.3. The molecule has 0 amide bonds. The Morgan fingerprint density at radius 3 is 1.19 bits per heavy atom. The third-order valence-electron chi connectivity index (χ3n) is 10.8. The highest BCUT2D eigenvalue weighted by molar-refractivity contribution is 5.70. The van der Waals surface area contributed by atoms with Crippen LogP contribution in [0.5, 0.6) is 0 Å². The summed E-state index contributed by atoms with van der Waals surface area (Å²) in [6.45, 7) is 7.46. The van der Waals surface area contributed by atoms with Crippen LogP contribution in [0.4, 0.5) is 0 Å². The zero-order valence-electron chi connectivity index (χ0n) is 41.8. The molecule has 0 fully saturated rings. The molecular formula is C59H98O5. The Hall–Kier alpha value is -3.44. The molecule has 5 heteroatoms. The van der Waals surface area contributed by atoms with Crippen LogP contribution >= 0.6 is 0 Å². The van der Waals surface area contributed by atoms with Crippen molar-refractivity contribution in [1.82, 2.24) is 0 Å². The molecule has 64 heavy (non-hydrogen) atoms. The van der Waals surface area contributed by atoms with E-state index in [9.17, 15) is 9.59 Å². The van der Waals surface area contributed by atoms with Gasteiger partial charge in [0.1, 0.15) is 6.61 Å². The van der Waals surface area contributed by atoms with E-state index in [1.807, 2.05) is 6.08 Å². The molecule has 1 atom stereocenters. The SMILES string of the molecule is CC/C=C\C/C=C\C/C=C\C/C=C\CCC(=O)OC(COCCCCCCCC/C=C\C/C=C\C/C=C\CC)COC(=O)CCCCCCCCCCC/C=C\C/C=C\CCCCC. The number of esters is 2. The van der Waals surface area contributed by atoms with Crippen LogP contribution < -0.4 is 0 Å². The van der Waals surface area contributed by atoms with Gasteiger partial charge in [0.2, 0.25) is 0 Å². The lowest BCUT2D eigenvalue weighted by Gasteiger charge is -2.18. The second kappa shape index (κ2) is 53.9. The Bertz CT molecular complexity index is 1280. The molecule has 0 aromatic carbocycles. The maximum Gasteiger partial charge on any atom is 0.306 e. The first-order valence-electron chi connectivity index (χ1n) is 26.4. The molecule has 0 bridgehead atoms. The Labute approximate surface area is 395 Å². The molecular weight excluding hydrogens is 789 g/mol. The van der Waals surface area contributed by atoms with E-state index in [4.69, 9.17) is 14.2 Å². The molecule has 0 rings (SSSR count). The van der Waals surface area contributed by atoms with E-state index in [1.54, 1.807) is 0 Å². The summed E-state index contributed by atoms with van der Waals surface area (Å²) in [6, 6.07) is 0. The lowest BCUT2D eigenvalue weighted by Crippen LogP contribution is -2.30. The van der Waals surface area contributed by atoms with Crippen LogP contribution in [0.15, 0.2) is 109 Å². The Morgan fingerprint density at radius 1 is 0.359 bits per heavy atom. The summed E-state index contributed by atoms with van der Waals surface area (Å²) in [7, 11) is 0. The van der Waals surface area contributed by atoms with E-state index < -0.39 is 6.10 Å². The van der Waals surface area contributed by atoms with Crippen LogP contribution in [-0.4, -0.2) is 37.9 Å². The van der Waals surface area contributed by atoms with E-state index in [0.29, 0.717) is 19.4 Å². The quantitative estimate of drug-likeness (QED) is 0.0346. The highest BCUT2D eigenvalue weighted by Gasteiger charge is 2.17. The van der Waals surface area contributed by atoms with E-state index >= 15 is 0 Å². The van der Waals surface area contributed by atoms with Crippen LogP contribution in [0.25, 0.3) is 0 Å². The van der Waals surface area contributed by atoms with Gasteiger partial charge in [0.15, 0.2) is 6.10 Å². The molecule has 0 aromatic heterocycles. The van der Waals surface area contributed by atoms with Gasteiger partial charge in [-0.25, -0.2) is 0 Å². The number of carbonyl (C=O) groups is 2. The van der Waals surface area contributed by atoms with Crippen LogP contribution in [0.2, 0.25) is 0 Å². The van der Waals surface area contributed by atoms with Crippen molar-refractivity contribution in [2.24, 2.45) is 0 Å². The summed E-state index contributed by atoms with van der Waals surface area (Å²) in [5.41, 5.74) is 0. The number of hydrogen-bond donors (Lipinski definition) is 0. The van der Waals surface area contributed by atoms with Gasteiger partial charge in [0.05, 0.1) is 6.61 Å². The van der Waals surface area contributed by atoms with Gasteiger partial charge in [-0.15, -0.1) is 0 Å². The third kappa shape index (κ3) is 51.2. The van der Waals surface area contributed by atoms with Crippen molar-refractivity contribution < 1.29 is 23.8 Å². The number of rotatable bonds is 47. The third-order valence-corrected chi connectivity index (χ3v) is 10.8. The van der Waals surface area contributed by atoms with Crippen molar-refractivity contribution in [2.45, 2.75) is 232 Å². The van der Waals surface area contributed by atoms with E-state index in [1.165, 1.54) is 96.3 Å². The molecule has 0 aliphatic heterocycles. The number of ether oxygens (including phenoxy) is 3. The van der Waals surface area contributed by atoms with Gasteiger partial charge in [-0.1, -0.05) is 214 Å². The molecule has 0 radical (unpaired) electrons. The molecule has 0 spiro atoms. The van der Waals surface area contributed by atoms with Gasteiger partial charge in [-0.05, 0) is 109 Å². The lowest BCUT2D eigenvalue weighted by molar-refractivity contribution is -0.162. The number of unbranched alkanes of at least 4 members (excludes halogenated alkanes) is 18. The fourth-order valence-corrected chi connectivity index (χ4v) is 6.92. The molecule has 364 valence electrons. The van der Waals surface area contributed by atoms with Crippen molar-refractivity contribution in [3.05, 3.63) is 109 Å². The van der Waals surface area contributed by atoms with E-state index in [-0.39, 0.29) is 31.6 Å². The molecule has 0 aromatic rings. The number of allylic oxidation sites excluding steroid dienone is 18. The standard InChI is InChI=1S/C59H98O5/c1-4-7-10-13-16-19-22-25-27-29-30-31-32-35-37-40-43-46-49-52-58(60)63-56-57(64-59(61)53-50-47-44-41-38-34-24-21-18-15-12-9-6-3)55-62-54-51-48-45-42-39-36-33-28-26-23-20-17-14-11-8-5-2/h8-9,11-12,16-21,25-28,34,38,44,47,57H,4-7,10,13-15,22-24,29-33,35-37,39-43,45-46,48-56H2,1-3H3/b11-8-,12-9-,19-16-,20-17-,21-18-,27-25-,28-26-,38-34-,47-44-. The summed E-state index contributed by atoms with van der Waals surface area (Å²) < 4.78 is 17.3. The van der Waals surface area contributed by atoms with Crippen LogP contribution in [-0.2, 0) is 23.8 Å². The van der Waals surface area contributed by atoms with Crippen LogP contribution in [0.1, 0.15) is 226 Å². The predicted molar refractivity (Wildman–Crippen MR) is 279 cm³/mol. The minimum Gasteiger partial charge on any atom is -0.462 e. The minimum absolute atomic E-state index is 0.0432. The highest BCUT2D eigenvalue weighted by Crippen LogP contribution is 2.13. The van der Waals surface area contributed by atoms with Crippen molar-refractivity contribution in [2.75, 3.05) is 19.8 Å². The molecule has 0 N–H and O–H groups in total. The largest absolute Gasteiger partial charge is 0.462 e. The summed E-state index contributed by atoms with van der Waals surface area (Å²) in [5.74, 6) is -0.507. The summed E-state index contributed by atoms with van der Waals surface area (Å²) in [4.78, 5) is 25.4. The summed E-state index contributed by atoms with van der Waals surface area (Å²) >= 11 is 0. The maximum absolute atomic E-state index is 12.8. The average molecular weight is 887 g/mol. The molecule has 5 nitrogen and oxygen atoms in total. The predicted octanol–water partition coefficient (Wildman–Crippen LogP) is 18.0. The number of hydrogen-bond acceptors (Lipinski definition) is 5. The fraction of sp³-hybridized carbons (Fsp3) is 0.661. The maximum atomic E-state index is 12.8. The fourth-order valence-electron chi connectivity index (χ4n) is 6.92. The van der Waals surface area contributed by atoms with Crippen molar-refractivity contribution >= 4 is 11.9 Å². The second-order valence-electron chi connectivity index (χ2n) is 17.0. The molecule has 0 aliphatic rings. The first kappa shape index (κ1) is 60.6. The van der Waals surface area contributed by atoms with Crippen LogP contribution in [0.3, 0.4) is 0 Å². The molecule has 0 heterocycles. The summed E-state index contributed by atoms with van der Waals surface area (Å²) in [6.07, 6.45) is 74.0. The van der Waals surface area contributed by atoms with Gasteiger partial charge in [-0.3, -0.25) is 9.59 Å². The van der Waals surface area contributed by atoms with Gasteiger partial charge >= 0.3 is 11.9 Å². The van der Waals surface area contributed by atoms with E-state index in [2.05, 4.69) is 124 Å². The van der Waals surface area contributed by atoms with E-state index in [0.717, 1.165) is 89.9 Å². The topological polar surface area (TPSA) is 61.8 Å². The molecule has 1 unspecified atom stereocenters. The molecule has 0 saturated heterocycles. The second-order valence-corrected chi connectivity index (χ2v) is 17.0.